The number of amides is 2. The highest BCUT2D eigenvalue weighted by atomic mass is 16.2. The molecule has 3 aliphatic heterocycles. The van der Waals surface area contributed by atoms with Gasteiger partial charge in [-0.2, -0.15) is 0 Å². The zero-order chi connectivity index (χ0) is 22.2. The minimum absolute atomic E-state index is 0.00546. The fraction of sp³-hybridized carbons (Fsp3) is 0.750. The lowest BCUT2D eigenvalue weighted by Gasteiger charge is -2.37. The maximum absolute atomic E-state index is 13.0. The van der Waals surface area contributed by atoms with E-state index in [4.69, 9.17) is 4.98 Å². The van der Waals surface area contributed by atoms with Crippen molar-refractivity contribution in [3.05, 3.63) is 27.4 Å². The van der Waals surface area contributed by atoms with Crippen LogP contribution in [0, 0.1) is 0 Å². The summed E-state index contributed by atoms with van der Waals surface area (Å²) in [5.41, 5.74) is 1.77. The first-order chi connectivity index (χ1) is 15.5. The van der Waals surface area contributed by atoms with Crippen molar-refractivity contribution in [1.29, 1.82) is 0 Å². The Bertz CT molecular complexity index is 938. The lowest BCUT2D eigenvalue weighted by Crippen LogP contribution is -2.46. The Hall–Kier alpha value is -2.22. The summed E-state index contributed by atoms with van der Waals surface area (Å²) in [6.45, 7) is 5.41. The van der Waals surface area contributed by atoms with Crippen LogP contribution < -0.4 is 5.56 Å². The molecule has 1 saturated carbocycles. The van der Waals surface area contributed by atoms with Gasteiger partial charge in [0, 0.05) is 56.7 Å². The average molecular weight is 442 g/mol. The number of aromatic amines is 1. The van der Waals surface area contributed by atoms with Crippen LogP contribution in [-0.4, -0.2) is 74.7 Å². The van der Waals surface area contributed by atoms with E-state index in [9.17, 15) is 14.4 Å². The number of likely N-dealkylation sites (tertiary alicyclic amines) is 2. The summed E-state index contributed by atoms with van der Waals surface area (Å²) in [7, 11) is 0. The predicted molar refractivity (Wildman–Crippen MR) is 120 cm³/mol. The molecule has 32 heavy (non-hydrogen) atoms. The molecule has 4 heterocycles. The van der Waals surface area contributed by atoms with Crippen LogP contribution in [0.3, 0.4) is 0 Å². The van der Waals surface area contributed by atoms with Gasteiger partial charge in [-0.05, 0) is 39.0 Å². The van der Waals surface area contributed by atoms with E-state index < -0.39 is 6.04 Å². The van der Waals surface area contributed by atoms with Crippen LogP contribution in [0.5, 0.6) is 0 Å². The summed E-state index contributed by atoms with van der Waals surface area (Å²) in [6.07, 6.45) is 9.38. The highest BCUT2D eigenvalue weighted by Gasteiger charge is 2.36. The molecular weight excluding hydrogens is 406 g/mol. The smallest absolute Gasteiger partial charge is 0.254 e. The minimum atomic E-state index is -0.414. The Labute approximate surface area is 189 Å². The van der Waals surface area contributed by atoms with E-state index in [0.717, 1.165) is 49.4 Å². The number of hydrogen-bond acceptors (Lipinski definition) is 5. The quantitative estimate of drug-likeness (QED) is 0.769. The molecule has 5 rings (SSSR count). The van der Waals surface area contributed by atoms with Crippen molar-refractivity contribution in [2.75, 3.05) is 26.2 Å². The number of nitrogens with one attached hydrogen (secondary N) is 1. The molecule has 3 fully saturated rings. The predicted octanol–water partition coefficient (Wildman–Crippen LogP) is 1.79. The number of H-pyrrole nitrogens is 1. The Balaban J connectivity index is 1.28. The highest BCUT2D eigenvalue weighted by molar-refractivity contribution is 5.88. The van der Waals surface area contributed by atoms with Crippen molar-refractivity contribution in [1.82, 2.24) is 24.7 Å². The van der Waals surface area contributed by atoms with Gasteiger partial charge < -0.3 is 14.8 Å². The molecule has 8 heteroatoms. The number of hydrogen-bond donors (Lipinski definition) is 1. The van der Waals surface area contributed by atoms with Crippen LogP contribution in [0.2, 0.25) is 0 Å². The number of rotatable bonds is 4. The van der Waals surface area contributed by atoms with Crippen molar-refractivity contribution >= 4 is 11.8 Å². The van der Waals surface area contributed by atoms with Crippen LogP contribution in [0.1, 0.15) is 81.3 Å². The summed E-state index contributed by atoms with van der Waals surface area (Å²) in [5, 5.41) is 0. The Kier molecular flexibility index (Phi) is 6.05. The second-order valence-electron chi connectivity index (χ2n) is 10.0. The van der Waals surface area contributed by atoms with E-state index in [2.05, 4.69) is 9.88 Å². The number of fused-ring (bicyclic) bond motifs is 1. The van der Waals surface area contributed by atoms with E-state index in [-0.39, 0.29) is 23.3 Å². The third-order valence-corrected chi connectivity index (χ3v) is 8.03. The summed E-state index contributed by atoms with van der Waals surface area (Å²) in [4.78, 5) is 51.9. The molecule has 4 aliphatic rings. The van der Waals surface area contributed by atoms with Gasteiger partial charge in [-0.25, -0.2) is 4.98 Å². The number of nitrogens with zero attached hydrogens (tertiary/aromatic N) is 4. The normalized spacial score (nSPS) is 25.9. The first-order valence-electron chi connectivity index (χ1n) is 12.5. The van der Waals surface area contributed by atoms with E-state index in [0.29, 0.717) is 32.1 Å². The van der Waals surface area contributed by atoms with Gasteiger partial charge in [0.1, 0.15) is 11.9 Å². The van der Waals surface area contributed by atoms with E-state index >= 15 is 0 Å². The van der Waals surface area contributed by atoms with Crippen molar-refractivity contribution < 1.29 is 9.59 Å². The number of aromatic nitrogens is 2. The molecule has 0 spiro atoms. The molecule has 1 aromatic rings. The molecule has 1 aromatic heterocycles. The van der Waals surface area contributed by atoms with Gasteiger partial charge in [0.25, 0.3) is 5.56 Å². The molecular formula is C24H35N5O3. The van der Waals surface area contributed by atoms with Gasteiger partial charge in [0.2, 0.25) is 11.8 Å². The van der Waals surface area contributed by atoms with Crippen LogP contribution in [-0.2, 0) is 22.6 Å². The van der Waals surface area contributed by atoms with Crippen molar-refractivity contribution in [2.24, 2.45) is 0 Å². The summed E-state index contributed by atoms with van der Waals surface area (Å²) in [6, 6.07) is 0.208. The molecule has 1 aliphatic carbocycles. The monoisotopic (exact) mass is 441 g/mol. The Morgan fingerprint density at radius 1 is 1.03 bits per heavy atom. The number of carbonyl (C=O) groups is 2. The topological polar surface area (TPSA) is 89.6 Å². The third-order valence-electron chi connectivity index (χ3n) is 8.03. The summed E-state index contributed by atoms with van der Waals surface area (Å²) < 4.78 is 0. The zero-order valence-electron chi connectivity index (χ0n) is 19.1. The summed E-state index contributed by atoms with van der Waals surface area (Å²) in [5.74, 6) is 0.847. The standard InChI is InChI=1S/C24H35N5O3/c1-16(29-11-5-8-21(29)30)24(32)28-12-9-17(14-28)22-25-20-15-27(18-6-3-2-4-7-18)13-10-19(20)23(31)26-22/h16-18H,2-15H2,1H3,(H,25,26,31)/t16-,17+/m1/s1. The van der Waals surface area contributed by atoms with Gasteiger partial charge in [-0.1, -0.05) is 19.3 Å². The fourth-order valence-electron chi connectivity index (χ4n) is 6.09. The second kappa shape index (κ2) is 8.96. The highest BCUT2D eigenvalue weighted by Crippen LogP contribution is 2.29. The molecule has 1 N–H and O–H groups in total. The molecule has 8 nitrogen and oxygen atoms in total. The molecule has 2 saturated heterocycles. The van der Waals surface area contributed by atoms with Crippen molar-refractivity contribution in [3.8, 4) is 0 Å². The molecule has 0 bridgehead atoms. The molecule has 2 amide bonds. The third kappa shape index (κ3) is 4.09. The maximum Gasteiger partial charge on any atom is 0.254 e. The van der Waals surface area contributed by atoms with Gasteiger partial charge in [0.15, 0.2) is 0 Å². The van der Waals surface area contributed by atoms with Gasteiger partial charge in [0.05, 0.1) is 5.69 Å². The van der Waals surface area contributed by atoms with Crippen molar-refractivity contribution in [2.45, 2.75) is 89.3 Å². The first kappa shape index (κ1) is 21.6. The van der Waals surface area contributed by atoms with E-state index in [1.165, 1.54) is 32.1 Å². The Morgan fingerprint density at radius 2 is 1.84 bits per heavy atom. The maximum atomic E-state index is 13.0. The van der Waals surface area contributed by atoms with Crippen LogP contribution in [0.25, 0.3) is 0 Å². The number of carbonyl (C=O) groups excluding carboxylic acids is 2. The van der Waals surface area contributed by atoms with Crippen LogP contribution in [0.15, 0.2) is 4.79 Å². The van der Waals surface area contributed by atoms with Gasteiger partial charge >= 0.3 is 0 Å². The van der Waals surface area contributed by atoms with Crippen LogP contribution >= 0.6 is 0 Å². The average Bonchev–Trinajstić information content (AvgIpc) is 3.48. The van der Waals surface area contributed by atoms with Crippen molar-refractivity contribution in [3.63, 3.8) is 0 Å². The first-order valence-corrected chi connectivity index (χ1v) is 12.5. The lowest BCUT2D eigenvalue weighted by molar-refractivity contribution is -0.142. The SMILES string of the molecule is C[C@H](C(=O)N1CC[C@H](c2nc3c(c(=O)[nH]2)CCN(C2CCCCC2)C3)C1)N1CCCC1=O. The minimum Gasteiger partial charge on any atom is -0.340 e. The lowest BCUT2D eigenvalue weighted by atomic mass is 9.92. The van der Waals surface area contributed by atoms with Gasteiger partial charge in [-0.3, -0.25) is 19.3 Å². The zero-order valence-corrected chi connectivity index (χ0v) is 19.1. The molecule has 2 atom stereocenters. The van der Waals surface area contributed by atoms with Crippen LogP contribution in [0.4, 0.5) is 0 Å². The van der Waals surface area contributed by atoms with E-state index in [1.54, 1.807) is 4.90 Å². The van der Waals surface area contributed by atoms with Gasteiger partial charge in [-0.15, -0.1) is 0 Å². The molecule has 174 valence electrons. The molecule has 0 aromatic carbocycles. The largest absolute Gasteiger partial charge is 0.340 e. The Morgan fingerprint density at radius 3 is 2.59 bits per heavy atom. The molecule has 0 radical (unpaired) electrons. The summed E-state index contributed by atoms with van der Waals surface area (Å²) >= 11 is 0. The fourth-order valence-corrected chi connectivity index (χ4v) is 6.09. The van der Waals surface area contributed by atoms with E-state index in [1.807, 2.05) is 11.8 Å². The molecule has 0 unspecified atom stereocenters. The second-order valence-corrected chi connectivity index (χ2v) is 10.0.